The van der Waals surface area contributed by atoms with Gasteiger partial charge in [0.25, 0.3) is 0 Å². The number of nitrogens with zero attached hydrogens (tertiary/aromatic N) is 2. The average Bonchev–Trinajstić information content (AvgIpc) is 3.43. The number of carboxylic acid groups (broad SMARTS) is 1. The number of hydrogen-bond acceptors (Lipinski definition) is 4. The molecule has 1 saturated heterocycles. The Bertz CT molecular complexity index is 931. The zero-order valence-corrected chi connectivity index (χ0v) is 13.4. The second kappa shape index (κ2) is 5.80. The van der Waals surface area contributed by atoms with Crippen LogP contribution < -0.4 is 15.6 Å². The van der Waals surface area contributed by atoms with Crippen LogP contribution in [0.3, 0.4) is 0 Å². The van der Waals surface area contributed by atoms with Crippen molar-refractivity contribution >= 4 is 22.6 Å². The molecular weight excluding hydrogens is 332 g/mol. The molecule has 1 aliphatic carbocycles. The number of benzene rings is 1. The minimum Gasteiger partial charge on any atom is -0.477 e. The Kier molecular flexibility index (Phi) is 3.72. The first-order valence-electron chi connectivity index (χ1n) is 8.25. The van der Waals surface area contributed by atoms with Gasteiger partial charge in [-0.2, -0.15) is 0 Å². The van der Waals surface area contributed by atoms with Crippen molar-refractivity contribution in [3.05, 3.63) is 39.7 Å². The van der Waals surface area contributed by atoms with Crippen LogP contribution in [0.25, 0.3) is 10.9 Å². The monoisotopic (exact) mass is 349 g/mol. The molecule has 4 rings (SSSR count). The van der Waals surface area contributed by atoms with Gasteiger partial charge in [0, 0.05) is 38.4 Å². The van der Waals surface area contributed by atoms with E-state index in [4.69, 9.17) is 0 Å². The molecule has 0 unspecified atom stereocenters. The van der Waals surface area contributed by atoms with Gasteiger partial charge in [0.05, 0.1) is 16.6 Å². The maximum atomic E-state index is 14.8. The fourth-order valence-electron chi connectivity index (χ4n) is 3.36. The Morgan fingerprint density at radius 3 is 2.48 bits per heavy atom. The minimum absolute atomic E-state index is 0.0157. The molecule has 0 radical (unpaired) electrons. The van der Waals surface area contributed by atoms with Crippen molar-refractivity contribution in [2.45, 2.75) is 18.9 Å². The number of aromatic nitrogens is 1. The van der Waals surface area contributed by atoms with Gasteiger partial charge in [-0.1, -0.05) is 0 Å². The fourth-order valence-corrected chi connectivity index (χ4v) is 3.36. The molecule has 1 aromatic carbocycles. The van der Waals surface area contributed by atoms with Gasteiger partial charge in [0.2, 0.25) is 5.43 Å². The summed E-state index contributed by atoms with van der Waals surface area (Å²) in [4.78, 5) is 25.5. The maximum Gasteiger partial charge on any atom is 0.341 e. The van der Waals surface area contributed by atoms with Crippen molar-refractivity contribution in [2.75, 3.05) is 31.1 Å². The fraction of sp³-hybridized carbons (Fsp3) is 0.412. The highest BCUT2D eigenvalue weighted by Gasteiger charge is 2.30. The Hall–Kier alpha value is -2.48. The van der Waals surface area contributed by atoms with Gasteiger partial charge in [-0.3, -0.25) is 4.79 Å². The van der Waals surface area contributed by atoms with E-state index in [0.29, 0.717) is 26.2 Å². The van der Waals surface area contributed by atoms with E-state index in [1.165, 1.54) is 12.3 Å². The molecule has 2 N–H and O–H groups in total. The largest absolute Gasteiger partial charge is 0.477 e. The summed E-state index contributed by atoms with van der Waals surface area (Å²) in [5.74, 6) is -3.81. The van der Waals surface area contributed by atoms with E-state index in [1.807, 2.05) is 0 Å². The van der Waals surface area contributed by atoms with Gasteiger partial charge >= 0.3 is 5.97 Å². The van der Waals surface area contributed by atoms with Gasteiger partial charge in [-0.25, -0.2) is 13.6 Å². The highest BCUT2D eigenvalue weighted by Crippen LogP contribution is 2.38. The molecule has 6 nitrogen and oxygen atoms in total. The van der Waals surface area contributed by atoms with E-state index in [0.717, 1.165) is 12.8 Å². The first-order valence-corrected chi connectivity index (χ1v) is 8.25. The summed E-state index contributed by atoms with van der Waals surface area (Å²) in [5.41, 5.74) is -1.15. The Balaban J connectivity index is 2.02. The molecule has 2 aliphatic rings. The van der Waals surface area contributed by atoms with E-state index < -0.39 is 34.0 Å². The molecule has 0 spiro atoms. The molecule has 132 valence electrons. The number of carboxylic acids is 1. The molecular formula is C17H17F2N3O3. The number of fused-ring (bicyclic) bond motifs is 1. The number of nitrogens with one attached hydrogen (secondary N) is 1. The van der Waals surface area contributed by atoms with Gasteiger partial charge in [-0.05, 0) is 18.9 Å². The maximum absolute atomic E-state index is 14.8. The second-order valence-corrected chi connectivity index (χ2v) is 6.47. The summed E-state index contributed by atoms with van der Waals surface area (Å²) >= 11 is 0. The average molecular weight is 349 g/mol. The lowest BCUT2D eigenvalue weighted by molar-refractivity contribution is 0.0695. The molecule has 1 aromatic heterocycles. The Morgan fingerprint density at radius 1 is 1.20 bits per heavy atom. The van der Waals surface area contributed by atoms with Crippen molar-refractivity contribution in [2.24, 2.45) is 0 Å². The first-order chi connectivity index (χ1) is 12.0. The highest BCUT2D eigenvalue weighted by atomic mass is 19.2. The van der Waals surface area contributed by atoms with Crippen molar-refractivity contribution in [1.82, 2.24) is 9.88 Å². The predicted octanol–water partition coefficient (Wildman–Crippen LogP) is 1.72. The zero-order valence-electron chi connectivity index (χ0n) is 13.4. The summed E-state index contributed by atoms with van der Waals surface area (Å²) in [7, 11) is 0. The Labute approximate surface area is 141 Å². The third-order valence-corrected chi connectivity index (χ3v) is 4.81. The smallest absolute Gasteiger partial charge is 0.341 e. The molecule has 2 fully saturated rings. The normalized spacial score (nSPS) is 17.9. The zero-order chi connectivity index (χ0) is 17.7. The third kappa shape index (κ3) is 2.57. The topological polar surface area (TPSA) is 74.6 Å². The standard InChI is InChI=1S/C17H17F2N3O3/c18-14-12(21-5-3-20-4-6-21)7-11-13(15(14)19)16(23)10(17(24)25)8-22(11)9-1-2-9/h7-9,20H,1-6H2,(H,24,25). The first kappa shape index (κ1) is 16.0. The number of halogens is 2. The summed E-state index contributed by atoms with van der Waals surface area (Å²) in [6, 6.07) is 1.49. The lowest BCUT2D eigenvalue weighted by Crippen LogP contribution is -2.44. The number of aromatic carboxylic acids is 1. The number of piperazine rings is 1. The molecule has 2 aromatic rings. The molecule has 1 aliphatic heterocycles. The molecule has 1 saturated carbocycles. The highest BCUT2D eigenvalue weighted by molar-refractivity contribution is 5.94. The second-order valence-electron chi connectivity index (χ2n) is 6.47. The van der Waals surface area contributed by atoms with Gasteiger partial charge in [0.1, 0.15) is 5.56 Å². The molecule has 0 amide bonds. The lowest BCUT2D eigenvalue weighted by Gasteiger charge is -2.30. The van der Waals surface area contributed by atoms with E-state index in [-0.39, 0.29) is 17.2 Å². The van der Waals surface area contributed by atoms with Gasteiger partial charge < -0.3 is 19.9 Å². The van der Waals surface area contributed by atoms with Crippen LogP contribution in [0.4, 0.5) is 14.5 Å². The van der Waals surface area contributed by atoms with Gasteiger partial charge in [0.15, 0.2) is 11.6 Å². The van der Waals surface area contributed by atoms with Crippen LogP contribution in [-0.2, 0) is 0 Å². The number of hydrogen-bond donors (Lipinski definition) is 2. The van der Waals surface area contributed by atoms with Crippen molar-refractivity contribution in [1.29, 1.82) is 0 Å². The van der Waals surface area contributed by atoms with Crippen molar-refractivity contribution in [3.63, 3.8) is 0 Å². The van der Waals surface area contributed by atoms with E-state index in [1.54, 1.807) is 9.47 Å². The van der Waals surface area contributed by atoms with Gasteiger partial charge in [-0.15, -0.1) is 0 Å². The quantitative estimate of drug-likeness (QED) is 0.883. The van der Waals surface area contributed by atoms with Crippen LogP contribution in [0.15, 0.2) is 17.1 Å². The summed E-state index contributed by atoms with van der Waals surface area (Å²) in [6.07, 6.45) is 2.89. The van der Waals surface area contributed by atoms with Crippen LogP contribution in [0.2, 0.25) is 0 Å². The summed E-state index contributed by atoms with van der Waals surface area (Å²) in [6.45, 7) is 2.38. The molecule has 25 heavy (non-hydrogen) atoms. The minimum atomic E-state index is -1.44. The van der Waals surface area contributed by atoms with E-state index in [9.17, 15) is 23.5 Å². The third-order valence-electron chi connectivity index (χ3n) is 4.81. The summed E-state index contributed by atoms with van der Waals surface area (Å²) in [5, 5.41) is 11.9. The molecule has 2 heterocycles. The lowest BCUT2D eigenvalue weighted by atomic mass is 10.1. The van der Waals surface area contributed by atoms with Crippen LogP contribution in [0.5, 0.6) is 0 Å². The number of carbonyl (C=O) groups is 1. The van der Waals surface area contributed by atoms with E-state index >= 15 is 0 Å². The van der Waals surface area contributed by atoms with Crippen molar-refractivity contribution < 1.29 is 18.7 Å². The number of pyridine rings is 1. The Morgan fingerprint density at radius 2 is 1.88 bits per heavy atom. The number of anilines is 1. The van der Waals surface area contributed by atoms with Crippen LogP contribution in [0, 0.1) is 11.6 Å². The summed E-state index contributed by atoms with van der Waals surface area (Å²) < 4.78 is 31.0. The van der Waals surface area contributed by atoms with Crippen LogP contribution >= 0.6 is 0 Å². The molecule has 0 atom stereocenters. The van der Waals surface area contributed by atoms with E-state index in [2.05, 4.69) is 5.32 Å². The predicted molar refractivity (Wildman–Crippen MR) is 88.4 cm³/mol. The SMILES string of the molecule is O=C(O)c1cn(C2CC2)c2cc(N3CCNCC3)c(F)c(F)c2c1=O. The molecule has 0 bridgehead atoms. The van der Waals surface area contributed by atoms with Crippen LogP contribution in [-0.4, -0.2) is 41.8 Å². The molecule has 8 heteroatoms. The van der Waals surface area contributed by atoms with Crippen LogP contribution in [0.1, 0.15) is 29.2 Å². The number of rotatable bonds is 3. The van der Waals surface area contributed by atoms with Crippen molar-refractivity contribution in [3.8, 4) is 0 Å².